The molecule has 0 aliphatic heterocycles. The lowest BCUT2D eigenvalue weighted by atomic mass is 9.75. The van der Waals surface area contributed by atoms with Gasteiger partial charge in [0.2, 0.25) is 0 Å². The molecule has 0 heterocycles. The first kappa shape index (κ1) is 10.8. The van der Waals surface area contributed by atoms with Crippen molar-refractivity contribution in [3.05, 3.63) is 23.3 Å². The molecule has 1 aliphatic rings. The zero-order valence-electron chi connectivity index (χ0n) is 8.43. The number of carbonyl (C=O) groups excluding carboxylic acids is 2. The smallest absolute Gasteiger partial charge is 0.423 e. The van der Waals surface area contributed by atoms with Crippen LogP contribution < -0.4 is 11.2 Å². The first-order chi connectivity index (χ1) is 7.52. The summed E-state index contributed by atoms with van der Waals surface area (Å²) in [6, 6.07) is 2.78. The van der Waals surface area contributed by atoms with Crippen LogP contribution >= 0.6 is 0 Å². The summed E-state index contributed by atoms with van der Waals surface area (Å²) < 4.78 is 0. The van der Waals surface area contributed by atoms with Crippen molar-refractivity contribution in [2.75, 3.05) is 5.73 Å². The molecule has 0 radical (unpaired) electrons. The molecule has 0 saturated carbocycles. The molecule has 0 spiro atoms. The predicted octanol–water partition coefficient (Wildman–Crippen LogP) is -0.892. The van der Waals surface area contributed by atoms with Crippen molar-refractivity contribution < 1.29 is 19.6 Å². The molecule has 0 aromatic heterocycles. The maximum atomic E-state index is 11.7. The second kappa shape index (κ2) is 3.73. The van der Waals surface area contributed by atoms with Crippen molar-refractivity contribution in [1.82, 2.24) is 0 Å². The Bertz CT molecular complexity index is 484. The van der Waals surface area contributed by atoms with E-state index in [0.717, 1.165) is 0 Å². The van der Waals surface area contributed by atoms with Gasteiger partial charge < -0.3 is 15.8 Å². The highest BCUT2D eigenvalue weighted by Crippen LogP contribution is 2.24. The van der Waals surface area contributed by atoms with Crippen molar-refractivity contribution in [2.24, 2.45) is 0 Å². The number of fused-ring (bicyclic) bond motifs is 2. The van der Waals surface area contributed by atoms with Crippen molar-refractivity contribution in [3.63, 3.8) is 0 Å². The summed E-state index contributed by atoms with van der Waals surface area (Å²) in [4.78, 5) is 23.3. The Morgan fingerprint density at radius 2 is 1.75 bits per heavy atom. The highest BCUT2D eigenvalue weighted by molar-refractivity contribution is 6.61. The minimum Gasteiger partial charge on any atom is -0.423 e. The van der Waals surface area contributed by atoms with Crippen LogP contribution in [0.2, 0.25) is 0 Å². The summed E-state index contributed by atoms with van der Waals surface area (Å²) in [6.07, 6.45) is 0.160. The zero-order chi connectivity index (χ0) is 11.9. The van der Waals surface area contributed by atoms with E-state index in [9.17, 15) is 9.59 Å². The molecule has 82 valence electrons. The molecule has 1 aromatic carbocycles. The molecule has 0 fully saturated rings. The lowest BCUT2D eigenvalue weighted by Gasteiger charge is -2.10. The summed E-state index contributed by atoms with van der Waals surface area (Å²) in [6.45, 7) is 0. The van der Waals surface area contributed by atoms with Crippen LogP contribution in [0.15, 0.2) is 12.1 Å². The third kappa shape index (κ3) is 1.52. The summed E-state index contributed by atoms with van der Waals surface area (Å²) in [5, 5.41) is 18.2. The molecule has 0 unspecified atom stereocenters. The van der Waals surface area contributed by atoms with Crippen molar-refractivity contribution >= 4 is 29.8 Å². The molecule has 4 N–H and O–H groups in total. The molecule has 0 atom stereocenters. The highest BCUT2D eigenvalue weighted by atomic mass is 16.4. The minimum absolute atomic E-state index is 0.0519. The van der Waals surface area contributed by atoms with E-state index in [0.29, 0.717) is 0 Å². The number of hydrogen-bond acceptors (Lipinski definition) is 5. The van der Waals surface area contributed by atoms with Gasteiger partial charge in [0.05, 0.1) is 5.69 Å². The molecule has 0 amide bonds. The van der Waals surface area contributed by atoms with Crippen LogP contribution in [0.1, 0.15) is 33.6 Å². The zero-order valence-corrected chi connectivity index (χ0v) is 8.43. The SMILES string of the molecule is Nc1c2ccc(B(O)O)c1C(=O)CCC2=O. The molecule has 1 aromatic rings. The second-order valence-electron chi connectivity index (χ2n) is 3.71. The van der Waals surface area contributed by atoms with Gasteiger partial charge in [0.1, 0.15) is 0 Å². The number of nitrogen functional groups attached to an aromatic ring is 1. The lowest BCUT2D eigenvalue weighted by molar-refractivity contribution is 0.0925. The standard InChI is InChI=1S/C10H10BNO4/c12-10-5-1-2-6(11(15)16)9(10)8(14)4-3-7(5)13/h1-2,15-16H,3-4,12H2. The number of nitrogens with two attached hydrogens (primary N) is 1. The molecule has 0 saturated heterocycles. The van der Waals surface area contributed by atoms with Crippen LogP contribution in [0.3, 0.4) is 0 Å². The fourth-order valence-electron chi connectivity index (χ4n) is 1.89. The van der Waals surface area contributed by atoms with Gasteiger partial charge in [-0.1, -0.05) is 6.07 Å². The normalized spacial score (nSPS) is 14.9. The van der Waals surface area contributed by atoms with Gasteiger partial charge in [0, 0.05) is 24.0 Å². The topological polar surface area (TPSA) is 101 Å². The van der Waals surface area contributed by atoms with Crippen molar-refractivity contribution in [3.8, 4) is 0 Å². The number of rotatable bonds is 1. The van der Waals surface area contributed by atoms with Gasteiger partial charge in [-0.2, -0.15) is 0 Å². The van der Waals surface area contributed by atoms with Crippen molar-refractivity contribution in [1.29, 1.82) is 0 Å². The molecule has 1 aliphatic carbocycles. The number of carbonyl (C=O) groups is 2. The first-order valence-electron chi connectivity index (χ1n) is 4.87. The molecule has 2 rings (SSSR count). The van der Waals surface area contributed by atoms with Crippen LogP contribution in [-0.2, 0) is 0 Å². The highest BCUT2D eigenvalue weighted by Gasteiger charge is 2.29. The number of Topliss-reactive ketones (excluding diaryl/α,β-unsaturated/α-hetero) is 2. The maximum Gasteiger partial charge on any atom is 0.489 e. The first-order valence-corrected chi connectivity index (χ1v) is 4.87. The van der Waals surface area contributed by atoms with Crippen LogP contribution in [0.5, 0.6) is 0 Å². The van der Waals surface area contributed by atoms with E-state index >= 15 is 0 Å². The number of benzene rings is 1. The number of anilines is 1. The monoisotopic (exact) mass is 219 g/mol. The van der Waals surface area contributed by atoms with Crippen LogP contribution in [0, 0.1) is 0 Å². The van der Waals surface area contributed by atoms with E-state index in [-0.39, 0.29) is 46.7 Å². The minimum atomic E-state index is -1.76. The van der Waals surface area contributed by atoms with Crippen molar-refractivity contribution in [2.45, 2.75) is 12.8 Å². The summed E-state index contributed by atoms with van der Waals surface area (Å²) >= 11 is 0. The molecule has 5 nitrogen and oxygen atoms in total. The van der Waals surface area contributed by atoms with E-state index in [1.54, 1.807) is 0 Å². The Balaban J connectivity index is 2.72. The average Bonchev–Trinajstić information content (AvgIpc) is 2.31. The molecular formula is C10H10BNO4. The van der Waals surface area contributed by atoms with Crippen LogP contribution in [0.4, 0.5) is 5.69 Å². The third-order valence-electron chi connectivity index (χ3n) is 2.71. The molecule has 6 heteroatoms. The fraction of sp³-hybridized carbons (Fsp3) is 0.200. The Labute approximate surface area is 92.0 Å². The number of ketones is 2. The van der Waals surface area contributed by atoms with E-state index in [2.05, 4.69) is 0 Å². The second-order valence-corrected chi connectivity index (χ2v) is 3.71. The largest absolute Gasteiger partial charge is 0.489 e. The van der Waals surface area contributed by atoms with Crippen LogP contribution in [0.25, 0.3) is 0 Å². The van der Waals surface area contributed by atoms with Gasteiger partial charge in [-0.3, -0.25) is 9.59 Å². The van der Waals surface area contributed by atoms with Crippen LogP contribution in [-0.4, -0.2) is 28.7 Å². The van der Waals surface area contributed by atoms with E-state index in [4.69, 9.17) is 15.8 Å². The fourth-order valence-corrected chi connectivity index (χ4v) is 1.89. The third-order valence-corrected chi connectivity index (χ3v) is 2.71. The predicted molar refractivity (Wildman–Crippen MR) is 58.6 cm³/mol. The molecular weight excluding hydrogens is 209 g/mol. The quantitative estimate of drug-likeness (QED) is 0.420. The van der Waals surface area contributed by atoms with E-state index in [1.807, 2.05) is 0 Å². The van der Waals surface area contributed by atoms with Gasteiger partial charge in [-0.25, -0.2) is 0 Å². The van der Waals surface area contributed by atoms with Gasteiger partial charge >= 0.3 is 7.12 Å². The van der Waals surface area contributed by atoms with Gasteiger partial charge in [0.25, 0.3) is 0 Å². The Hall–Kier alpha value is -1.66. The molecule has 16 heavy (non-hydrogen) atoms. The average molecular weight is 219 g/mol. The summed E-state index contributed by atoms with van der Waals surface area (Å²) in [5.41, 5.74) is 6.16. The van der Waals surface area contributed by atoms with Gasteiger partial charge in [0.15, 0.2) is 11.6 Å². The molecule has 2 bridgehead atoms. The van der Waals surface area contributed by atoms with E-state index < -0.39 is 7.12 Å². The lowest BCUT2D eigenvalue weighted by Crippen LogP contribution is -2.35. The van der Waals surface area contributed by atoms with Gasteiger partial charge in [-0.15, -0.1) is 0 Å². The Morgan fingerprint density at radius 3 is 2.38 bits per heavy atom. The van der Waals surface area contributed by atoms with Gasteiger partial charge in [-0.05, 0) is 11.5 Å². The van der Waals surface area contributed by atoms with E-state index in [1.165, 1.54) is 12.1 Å². The Morgan fingerprint density at radius 1 is 1.12 bits per heavy atom. The summed E-state index contributed by atoms with van der Waals surface area (Å²) in [7, 11) is -1.76. The number of hydrogen-bond donors (Lipinski definition) is 3. The summed E-state index contributed by atoms with van der Waals surface area (Å²) in [5.74, 6) is -0.517. The Kier molecular flexibility index (Phi) is 2.53. The maximum absolute atomic E-state index is 11.7.